The molecule has 2 N–H and O–H groups in total. The van der Waals surface area contributed by atoms with Gasteiger partial charge >= 0.3 is 0 Å². The second-order valence-corrected chi connectivity index (χ2v) is 7.06. The second kappa shape index (κ2) is 6.09. The van der Waals surface area contributed by atoms with Crippen LogP contribution >= 0.6 is 11.6 Å². The summed E-state index contributed by atoms with van der Waals surface area (Å²) in [5.74, 6) is 1.43. The predicted octanol–water partition coefficient (Wildman–Crippen LogP) is 2.87. The van der Waals surface area contributed by atoms with E-state index in [0.717, 1.165) is 18.7 Å². The smallest absolute Gasteiger partial charge is 0.255 e. The Kier molecular flexibility index (Phi) is 3.92. The predicted molar refractivity (Wildman–Crippen MR) is 92.0 cm³/mol. The average molecular weight is 346 g/mol. The highest BCUT2D eigenvalue weighted by Crippen LogP contribution is 2.38. The molecule has 4 rings (SSSR count). The molecule has 0 unspecified atom stereocenters. The third kappa shape index (κ3) is 2.86. The molecule has 2 fully saturated rings. The number of hydrogen-bond donors (Lipinski definition) is 1. The third-order valence-corrected chi connectivity index (χ3v) is 5.17. The van der Waals surface area contributed by atoms with Gasteiger partial charge in [0, 0.05) is 35.8 Å². The standard InChI is InChI=1S/C17H20ClN5O/c18-12-1-4-14(15(19)9-12)17(24)22-7-5-11(6-8-22)16-21-20-10-23(16)13-2-3-13/h1,4,9-11,13H,2-3,5-8,19H2. The summed E-state index contributed by atoms with van der Waals surface area (Å²) in [5.41, 5.74) is 6.90. The molecule has 2 aliphatic rings. The number of anilines is 1. The fraction of sp³-hybridized carbons (Fsp3) is 0.471. The van der Waals surface area contributed by atoms with E-state index in [1.807, 2.05) is 11.2 Å². The van der Waals surface area contributed by atoms with E-state index in [9.17, 15) is 4.79 Å². The van der Waals surface area contributed by atoms with E-state index in [2.05, 4.69) is 14.8 Å². The summed E-state index contributed by atoms with van der Waals surface area (Å²) in [6.45, 7) is 1.42. The molecule has 1 aliphatic heterocycles. The number of nitrogens with zero attached hydrogens (tertiary/aromatic N) is 4. The van der Waals surface area contributed by atoms with Crippen molar-refractivity contribution in [2.75, 3.05) is 18.8 Å². The second-order valence-electron chi connectivity index (χ2n) is 6.63. The minimum Gasteiger partial charge on any atom is -0.398 e. The molecule has 0 atom stereocenters. The van der Waals surface area contributed by atoms with Crippen LogP contribution in [0.1, 0.15) is 53.8 Å². The quantitative estimate of drug-likeness (QED) is 0.868. The largest absolute Gasteiger partial charge is 0.398 e. The highest BCUT2D eigenvalue weighted by Gasteiger charge is 2.32. The number of carbonyl (C=O) groups excluding carboxylic acids is 1. The van der Waals surface area contributed by atoms with Gasteiger partial charge in [0.15, 0.2) is 0 Å². The van der Waals surface area contributed by atoms with Crippen LogP contribution in [0.5, 0.6) is 0 Å². The SMILES string of the molecule is Nc1cc(Cl)ccc1C(=O)N1CCC(c2nncn2C2CC2)CC1. The average Bonchev–Trinajstić information content (AvgIpc) is 3.31. The number of amides is 1. The van der Waals surface area contributed by atoms with E-state index >= 15 is 0 Å². The molecule has 1 saturated heterocycles. The first-order chi connectivity index (χ1) is 11.6. The van der Waals surface area contributed by atoms with Gasteiger partial charge in [-0.25, -0.2) is 0 Å². The number of hydrogen-bond acceptors (Lipinski definition) is 4. The van der Waals surface area contributed by atoms with Crippen LogP contribution in [0, 0.1) is 0 Å². The lowest BCUT2D eigenvalue weighted by Gasteiger charge is -2.32. The van der Waals surface area contributed by atoms with Crippen molar-refractivity contribution in [2.45, 2.75) is 37.6 Å². The van der Waals surface area contributed by atoms with Gasteiger partial charge in [-0.05, 0) is 43.9 Å². The van der Waals surface area contributed by atoms with Crippen molar-refractivity contribution in [3.63, 3.8) is 0 Å². The summed E-state index contributed by atoms with van der Waals surface area (Å²) >= 11 is 5.91. The van der Waals surface area contributed by atoms with Crippen LogP contribution in [0.2, 0.25) is 5.02 Å². The topological polar surface area (TPSA) is 77.0 Å². The van der Waals surface area contributed by atoms with E-state index in [-0.39, 0.29) is 5.91 Å². The first-order valence-electron chi connectivity index (χ1n) is 8.37. The zero-order valence-electron chi connectivity index (χ0n) is 13.4. The van der Waals surface area contributed by atoms with E-state index in [1.165, 1.54) is 12.8 Å². The van der Waals surface area contributed by atoms with E-state index < -0.39 is 0 Å². The summed E-state index contributed by atoms with van der Waals surface area (Å²) in [4.78, 5) is 14.5. The van der Waals surface area contributed by atoms with Crippen molar-refractivity contribution in [1.29, 1.82) is 0 Å². The van der Waals surface area contributed by atoms with Gasteiger partial charge in [-0.2, -0.15) is 0 Å². The molecule has 1 aromatic carbocycles. The summed E-state index contributed by atoms with van der Waals surface area (Å²) in [6.07, 6.45) is 6.10. The molecule has 0 bridgehead atoms. The Morgan fingerprint density at radius 2 is 1.96 bits per heavy atom. The lowest BCUT2D eigenvalue weighted by molar-refractivity contribution is 0.0711. The first kappa shape index (κ1) is 15.4. The van der Waals surface area contributed by atoms with Crippen molar-refractivity contribution >= 4 is 23.2 Å². The maximum Gasteiger partial charge on any atom is 0.255 e. The van der Waals surface area contributed by atoms with Crippen LogP contribution in [-0.2, 0) is 0 Å². The zero-order valence-corrected chi connectivity index (χ0v) is 14.1. The molecule has 126 valence electrons. The number of piperidine rings is 1. The van der Waals surface area contributed by atoms with Crippen LogP contribution in [0.25, 0.3) is 0 Å². The Hall–Kier alpha value is -2.08. The van der Waals surface area contributed by atoms with Crippen molar-refractivity contribution in [3.8, 4) is 0 Å². The molecule has 0 radical (unpaired) electrons. The summed E-state index contributed by atoms with van der Waals surface area (Å²) < 4.78 is 2.22. The number of likely N-dealkylation sites (tertiary alicyclic amines) is 1. The zero-order chi connectivity index (χ0) is 16.7. The van der Waals surface area contributed by atoms with Crippen molar-refractivity contribution in [3.05, 3.63) is 40.9 Å². The lowest BCUT2D eigenvalue weighted by Crippen LogP contribution is -2.38. The Morgan fingerprint density at radius 1 is 1.21 bits per heavy atom. The summed E-state index contributed by atoms with van der Waals surface area (Å²) in [6, 6.07) is 5.62. The van der Waals surface area contributed by atoms with Gasteiger partial charge in [0.05, 0.1) is 5.56 Å². The molecule has 6 nitrogen and oxygen atoms in total. The molecule has 24 heavy (non-hydrogen) atoms. The molecule has 0 spiro atoms. The number of carbonyl (C=O) groups is 1. The van der Waals surface area contributed by atoms with Gasteiger partial charge in [0.1, 0.15) is 12.2 Å². The van der Waals surface area contributed by atoms with Crippen LogP contribution in [0.3, 0.4) is 0 Å². The van der Waals surface area contributed by atoms with E-state index in [1.54, 1.807) is 18.2 Å². The molecule has 1 aliphatic carbocycles. The third-order valence-electron chi connectivity index (χ3n) is 4.93. The molecule has 2 aromatic rings. The number of aromatic nitrogens is 3. The highest BCUT2D eigenvalue weighted by atomic mass is 35.5. The van der Waals surface area contributed by atoms with Crippen LogP contribution in [-0.4, -0.2) is 38.7 Å². The number of halogens is 1. The van der Waals surface area contributed by atoms with Gasteiger partial charge in [-0.15, -0.1) is 10.2 Å². The molecule has 1 saturated carbocycles. The van der Waals surface area contributed by atoms with Crippen molar-refractivity contribution in [2.24, 2.45) is 0 Å². The number of nitrogen functional groups attached to an aromatic ring is 1. The number of rotatable bonds is 3. The Balaban J connectivity index is 1.44. The van der Waals surface area contributed by atoms with Gasteiger partial charge < -0.3 is 15.2 Å². The molecule has 1 amide bonds. The van der Waals surface area contributed by atoms with E-state index in [0.29, 0.717) is 41.3 Å². The highest BCUT2D eigenvalue weighted by molar-refractivity contribution is 6.31. The first-order valence-corrected chi connectivity index (χ1v) is 8.75. The maximum atomic E-state index is 12.7. The fourth-order valence-electron chi connectivity index (χ4n) is 3.42. The van der Waals surface area contributed by atoms with Gasteiger partial charge in [0.25, 0.3) is 5.91 Å². The van der Waals surface area contributed by atoms with Gasteiger partial charge in [-0.3, -0.25) is 4.79 Å². The van der Waals surface area contributed by atoms with Crippen LogP contribution in [0.4, 0.5) is 5.69 Å². The fourth-order valence-corrected chi connectivity index (χ4v) is 3.60. The number of benzene rings is 1. The van der Waals surface area contributed by atoms with Crippen molar-refractivity contribution < 1.29 is 4.79 Å². The summed E-state index contributed by atoms with van der Waals surface area (Å²) in [7, 11) is 0. The van der Waals surface area contributed by atoms with Crippen LogP contribution < -0.4 is 5.73 Å². The monoisotopic (exact) mass is 345 g/mol. The van der Waals surface area contributed by atoms with Crippen LogP contribution in [0.15, 0.2) is 24.5 Å². The molecule has 2 heterocycles. The lowest BCUT2D eigenvalue weighted by atomic mass is 9.95. The van der Waals surface area contributed by atoms with Gasteiger partial charge in [-0.1, -0.05) is 11.6 Å². The normalized spacial score (nSPS) is 18.8. The summed E-state index contributed by atoms with van der Waals surface area (Å²) in [5, 5.41) is 8.96. The number of nitrogens with two attached hydrogens (primary N) is 1. The Morgan fingerprint density at radius 3 is 2.62 bits per heavy atom. The minimum absolute atomic E-state index is 0.0220. The van der Waals surface area contributed by atoms with Crippen molar-refractivity contribution in [1.82, 2.24) is 19.7 Å². The minimum atomic E-state index is -0.0220. The Bertz CT molecular complexity index is 762. The molecular weight excluding hydrogens is 326 g/mol. The molecule has 1 aromatic heterocycles. The molecule has 7 heteroatoms. The van der Waals surface area contributed by atoms with E-state index in [4.69, 9.17) is 17.3 Å². The Labute approximate surface area is 145 Å². The molecular formula is C17H20ClN5O. The maximum absolute atomic E-state index is 12.7. The van der Waals surface area contributed by atoms with Gasteiger partial charge in [0.2, 0.25) is 0 Å².